The van der Waals surface area contributed by atoms with Gasteiger partial charge in [0.15, 0.2) is 0 Å². The zero-order valence-corrected chi connectivity index (χ0v) is 15.1. The number of hydrogen-bond acceptors (Lipinski definition) is 5. The number of aliphatic hydroxyl groups is 1. The van der Waals surface area contributed by atoms with Crippen LogP contribution >= 0.6 is 0 Å². The SMILES string of the molecule is CC(CO)N1CCCN(C(=O)Cn2nc3n(c2=O)CCCCC3)CC1. The van der Waals surface area contributed by atoms with E-state index in [2.05, 4.69) is 10.00 Å². The number of carbonyl (C=O) groups is 1. The molecule has 2 aliphatic heterocycles. The number of hydrogen-bond donors (Lipinski definition) is 1. The van der Waals surface area contributed by atoms with E-state index in [9.17, 15) is 14.7 Å². The van der Waals surface area contributed by atoms with E-state index in [0.717, 1.165) is 51.0 Å². The summed E-state index contributed by atoms with van der Waals surface area (Å²) in [6, 6.07) is 0.112. The van der Waals surface area contributed by atoms with Crippen LogP contribution < -0.4 is 5.69 Å². The number of fused-ring (bicyclic) bond motifs is 1. The van der Waals surface area contributed by atoms with Gasteiger partial charge in [-0.2, -0.15) is 5.10 Å². The Kier molecular flexibility index (Phi) is 5.90. The molecule has 1 amide bonds. The normalized spacial score (nSPS) is 20.6. The first kappa shape index (κ1) is 18.1. The molecule has 1 saturated heterocycles. The van der Waals surface area contributed by atoms with E-state index >= 15 is 0 Å². The predicted molar refractivity (Wildman–Crippen MR) is 93.4 cm³/mol. The minimum atomic E-state index is -0.157. The number of aromatic nitrogens is 3. The number of carbonyl (C=O) groups excluding carboxylic acids is 1. The van der Waals surface area contributed by atoms with Crippen LogP contribution in [0.2, 0.25) is 0 Å². The average Bonchev–Trinajstić information content (AvgIpc) is 2.87. The summed E-state index contributed by atoms with van der Waals surface area (Å²) in [5.74, 6) is 0.767. The molecule has 2 aliphatic rings. The summed E-state index contributed by atoms with van der Waals surface area (Å²) < 4.78 is 3.06. The molecule has 0 aliphatic carbocycles. The maximum absolute atomic E-state index is 12.6. The summed E-state index contributed by atoms with van der Waals surface area (Å²) in [5, 5.41) is 13.7. The molecule has 1 N–H and O–H groups in total. The third-order valence-corrected chi connectivity index (χ3v) is 5.34. The Labute approximate surface area is 148 Å². The Morgan fingerprint density at radius 3 is 2.76 bits per heavy atom. The summed E-state index contributed by atoms with van der Waals surface area (Å²) in [5.41, 5.74) is -0.157. The molecule has 1 atom stereocenters. The van der Waals surface area contributed by atoms with Crippen molar-refractivity contribution in [1.82, 2.24) is 24.1 Å². The van der Waals surface area contributed by atoms with Gasteiger partial charge < -0.3 is 10.0 Å². The smallest absolute Gasteiger partial charge is 0.346 e. The van der Waals surface area contributed by atoms with Crippen LogP contribution in [0.1, 0.15) is 38.4 Å². The zero-order valence-electron chi connectivity index (χ0n) is 15.1. The van der Waals surface area contributed by atoms with Gasteiger partial charge in [-0.25, -0.2) is 9.48 Å². The summed E-state index contributed by atoms with van der Waals surface area (Å²) in [7, 11) is 0. The number of amides is 1. The molecule has 0 bridgehead atoms. The second-order valence-corrected chi connectivity index (χ2v) is 7.12. The first-order valence-corrected chi connectivity index (χ1v) is 9.39. The second-order valence-electron chi connectivity index (χ2n) is 7.12. The molecule has 8 nitrogen and oxygen atoms in total. The van der Waals surface area contributed by atoms with Crippen LogP contribution in [-0.2, 0) is 24.3 Å². The minimum absolute atomic E-state index is 0.0222. The number of aryl methyl sites for hydroxylation is 1. The van der Waals surface area contributed by atoms with Gasteiger partial charge in [0.25, 0.3) is 0 Å². The van der Waals surface area contributed by atoms with E-state index in [-0.39, 0.29) is 30.8 Å². The lowest BCUT2D eigenvalue weighted by molar-refractivity contribution is -0.132. The lowest BCUT2D eigenvalue weighted by Gasteiger charge is -2.26. The van der Waals surface area contributed by atoms with E-state index in [0.29, 0.717) is 19.6 Å². The fourth-order valence-corrected chi connectivity index (χ4v) is 3.70. The predicted octanol–water partition coefficient (Wildman–Crippen LogP) is -0.314. The largest absolute Gasteiger partial charge is 0.395 e. The van der Waals surface area contributed by atoms with Gasteiger partial charge in [0.2, 0.25) is 5.91 Å². The van der Waals surface area contributed by atoms with Gasteiger partial charge in [0.1, 0.15) is 12.4 Å². The Hall–Kier alpha value is -1.67. The van der Waals surface area contributed by atoms with Crippen molar-refractivity contribution in [2.75, 3.05) is 32.8 Å². The van der Waals surface area contributed by atoms with Gasteiger partial charge in [-0.1, -0.05) is 6.42 Å². The fraction of sp³-hybridized carbons (Fsp3) is 0.824. The second kappa shape index (κ2) is 8.14. The lowest BCUT2D eigenvalue weighted by Crippen LogP contribution is -2.41. The Balaban J connectivity index is 1.64. The van der Waals surface area contributed by atoms with Crippen molar-refractivity contribution in [2.45, 2.75) is 58.2 Å². The van der Waals surface area contributed by atoms with Crippen LogP contribution in [0.3, 0.4) is 0 Å². The van der Waals surface area contributed by atoms with Crippen LogP contribution in [0, 0.1) is 0 Å². The van der Waals surface area contributed by atoms with Crippen LogP contribution in [-0.4, -0.2) is 74.0 Å². The van der Waals surface area contributed by atoms with Crippen LogP contribution in [0.5, 0.6) is 0 Å². The van der Waals surface area contributed by atoms with Gasteiger partial charge in [-0.3, -0.25) is 14.3 Å². The summed E-state index contributed by atoms with van der Waals surface area (Å²) in [6.07, 6.45) is 4.87. The summed E-state index contributed by atoms with van der Waals surface area (Å²) in [4.78, 5) is 29.2. The van der Waals surface area contributed by atoms with E-state index < -0.39 is 0 Å². The summed E-state index contributed by atoms with van der Waals surface area (Å²) in [6.45, 7) is 5.81. The number of nitrogens with zero attached hydrogens (tertiary/aromatic N) is 5. The molecule has 25 heavy (non-hydrogen) atoms. The Morgan fingerprint density at radius 1 is 1.12 bits per heavy atom. The molecule has 0 radical (unpaired) electrons. The van der Waals surface area contributed by atoms with Gasteiger partial charge >= 0.3 is 5.69 Å². The van der Waals surface area contributed by atoms with Crippen LogP contribution in [0.4, 0.5) is 0 Å². The van der Waals surface area contributed by atoms with Crippen molar-refractivity contribution in [1.29, 1.82) is 0 Å². The molecule has 0 aromatic carbocycles. The van der Waals surface area contributed by atoms with Crippen LogP contribution in [0.15, 0.2) is 4.79 Å². The highest BCUT2D eigenvalue weighted by molar-refractivity contribution is 5.75. The lowest BCUT2D eigenvalue weighted by atomic mass is 10.2. The first-order valence-electron chi connectivity index (χ1n) is 9.39. The molecule has 3 rings (SSSR count). The van der Waals surface area contributed by atoms with E-state index in [1.807, 2.05) is 11.8 Å². The fourth-order valence-electron chi connectivity index (χ4n) is 3.70. The third-order valence-electron chi connectivity index (χ3n) is 5.34. The van der Waals surface area contributed by atoms with Gasteiger partial charge in [-0.15, -0.1) is 0 Å². The highest BCUT2D eigenvalue weighted by atomic mass is 16.3. The molecule has 1 unspecified atom stereocenters. The molecule has 0 saturated carbocycles. The number of rotatable bonds is 4. The first-order chi connectivity index (χ1) is 12.1. The van der Waals surface area contributed by atoms with Gasteiger partial charge in [0, 0.05) is 45.2 Å². The monoisotopic (exact) mass is 351 g/mol. The average molecular weight is 351 g/mol. The van der Waals surface area contributed by atoms with Gasteiger partial charge in [-0.05, 0) is 26.2 Å². The molecule has 1 aromatic heterocycles. The summed E-state index contributed by atoms with van der Waals surface area (Å²) >= 11 is 0. The molecule has 3 heterocycles. The molecule has 1 aromatic rings. The quantitative estimate of drug-likeness (QED) is 0.804. The van der Waals surface area contributed by atoms with Crippen molar-refractivity contribution >= 4 is 5.91 Å². The molecule has 1 fully saturated rings. The Bertz CT molecular complexity index is 653. The molecule has 8 heteroatoms. The Morgan fingerprint density at radius 2 is 1.96 bits per heavy atom. The molecule has 0 spiro atoms. The minimum Gasteiger partial charge on any atom is -0.395 e. The highest BCUT2D eigenvalue weighted by Gasteiger charge is 2.23. The van der Waals surface area contributed by atoms with E-state index in [4.69, 9.17) is 0 Å². The van der Waals surface area contributed by atoms with Crippen LogP contribution in [0.25, 0.3) is 0 Å². The van der Waals surface area contributed by atoms with E-state index in [1.54, 1.807) is 4.57 Å². The molecular weight excluding hydrogens is 322 g/mol. The molecular formula is C17H29N5O3. The van der Waals surface area contributed by atoms with Crippen molar-refractivity contribution in [3.8, 4) is 0 Å². The third kappa shape index (κ3) is 4.12. The van der Waals surface area contributed by atoms with Crippen molar-refractivity contribution < 1.29 is 9.90 Å². The van der Waals surface area contributed by atoms with Gasteiger partial charge in [0.05, 0.1) is 6.61 Å². The van der Waals surface area contributed by atoms with E-state index in [1.165, 1.54) is 4.68 Å². The standard InChI is InChI=1S/C17H29N5O3/c1-14(13-23)19-7-5-8-20(11-10-19)16(24)12-22-17(25)21-9-4-2-3-6-15(21)18-22/h14,23H,2-13H2,1H3. The van der Waals surface area contributed by atoms with Crippen molar-refractivity contribution in [3.05, 3.63) is 16.3 Å². The maximum atomic E-state index is 12.6. The maximum Gasteiger partial charge on any atom is 0.346 e. The van der Waals surface area contributed by atoms with Crippen molar-refractivity contribution in [2.24, 2.45) is 0 Å². The molecule has 140 valence electrons. The number of aliphatic hydroxyl groups excluding tert-OH is 1. The topological polar surface area (TPSA) is 83.6 Å². The zero-order chi connectivity index (χ0) is 17.8. The van der Waals surface area contributed by atoms with Crippen molar-refractivity contribution in [3.63, 3.8) is 0 Å². The highest BCUT2D eigenvalue weighted by Crippen LogP contribution is 2.11.